The van der Waals surface area contributed by atoms with E-state index in [1.807, 2.05) is 0 Å². The van der Waals surface area contributed by atoms with E-state index in [-0.39, 0.29) is 0 Å². The largest absolute Gasteiger partial charge is 0.496 e. The Balaban J connectivity index is 2.55. The fourth-order valence-electron chi connectivity index (χ4n) is 1.34. The van der Waals surface area contributed by atoms with E-state index >= 15 is 0 Å². The summed E-state index contributed by atoms with van der Waals surface area (Å²) in [7, 11) is 1.50. The standard InChI is InChI=1S/C11H14F3NO2/c1-8(15-17-7-11(12,13)14)9-5-3-4-6-10(9)16-2/h3-6,8,15H,7H2,1-2H3. The molecule has 1 aromatic rings. The summed E-state index contributed by atoms with van der Waals surface area (Å²) in [4.78, 5) is 4.38. The minimum Gasteiger partial charge on any atom is -0.496 e. The lowest BCUT2D eigenvalue weighted by molar-refractivity contribution is -0.192. The van der Waals surface area contributed by atoms with E-state index < -0.39 is 18.8 Å². The summed E-state index contributed by atoms with van der Waals surface area (Å²) in [5.41, 5.74) is 3.06. The highest BCUT2D eigenvalue weighted by molar-refractivity contribution is 5.35. The van der Waals surface area contributed by atoms with Crippen molar-refractivity contribution in [1.29, 1.82) is 0 Å². The molecular formula is C11H14F3NO2. The molecule has 0 fully saturated rings. The first-order valence-electron chi connectivity index (χ1n) is 5.01. The van der Waals surface area contributed by atoms with Crippen molar-refractivity contribution in [2.24, 2.45) is 0 Å². The zero-order valence-electron chi connectivity index (χ0n) is 9.54. The first-order chi connectivity index (χ1) is 7.94. The molecule has 3 nitrogen and oxygen atoms in total. The molecule has 1 unspecified atom stereocenters. The molecule has 0 aromatic heterocycles. The van der Waals surface area contributed by atoms with Gasteiger partial charge in [-0.25, -0.2) is 0 Å². The molecule has 0 amide bonds. The zero-order chi connectivity index (χ0) is 12.9. The van der Waals surface area contributed by atoms with Gasteiger partial charge < -0.3 is 4.74 Å². The minimum atomic E-state index is -4.34. The SMILES string of the molecule is COc1ccccc1C(C)NOCC(F)(F)F. The highest BCUT2D eigenvalue weighted by Gasteiger charge is 2.28. The van der Waals surface area contributed by atoms with Gasteiger partial charge in [-0.1, -0.05) is 18.2 Å². The molecule has 0 radical (unpaired) electrons. The number of hydrogen-bond acceptors (Lipinski definition) is 3. The molecule has 6 heteroatoms. The summed E-state index contributed by atoms with van der Waals surface area (Å²) >= 11 is 0. The van der Waals surface area contributed by atoms with Gasteiger partial charge in [0.15, 0.2) is 6.61 Å². The molecule has 0 aliphatic heterocycles. The third kappa shape index (κ3) is 4.62. The normalized spacial score (nSPS) is 13.5. The van der Waals surface area contributed by atoms with Crippen LogP contribution in [0.2, 0.25) is 0 Å². The van der Waals surface area contributed by atoms with Crippen LogP contribution in [0.25, 0.3) is 0 Å². The van der Waals surface area contributed by atoms with Gasteiger partial charge in [-0.2, -0.15) is 18.7 Å². The smallest absolute Gasteiger partial charge is 0.413 e. The molecular weight excluding hydrogens is 235 g/mol. The highest BCUT2D eigenvalue weighted by Crippen LogP contribution is 2.24. The summed E-state index contributed by atoms with van der Waals surface area (Å²) in [6.07, 6.45) is -4.34. The topological polar surface area (TPSA) is 30.5 Å². The summed E-state index contributed by atoms with van der Waals surface area (Å²) in [6.45, 7) is 0.362. The van der Waals surface area contributed by atoms with Crippen LogP contribution in [0.5, 0.6) is 5.75 Å². The van der Waals surface area contributed by atoms with Gasteiger partial charge in [0, 0.05) is 5.56 Å². The number of benzene rings is 1. The molecule has 0 saturated heterocycles. The second-order valence-corrected chi connectivity index (χ2v) is 3.49. The van der Waals surface area contributed by atoms with Gasteiger partial charge in [0.25, 0.3) is 0 Å². The van der Waals surface area contributed by atoms with Gasteiger partial charge in [0.1, 0.15) is 5.75 Å². The third-order valence-electron chi connectivity index (χ3n) is 2.10. The maximum atomic E-state index is 11.9. The fraction of sp³-hybridized carbons (Fsp3) is 0.455. The first kappa shape index (κ1) is 13.8. The Morgan fingerprint density at radius 1 is 1.29 bits per heavy atom. The van der Waals surface area contributed by atoms with E-state index in [9.17, 15) is 13.2 Å². The van der Waals surface area contributed by atoms with E-state index in [4.69, 9.17) is 4.74 Å². The van der Waals surface area contributed by atoms with Crippen LogP contribution in [0.15, 0.2) is 24.3 Å². The molecule has 1 aromatic carbocycles. The van der Waals surface area contributed by atoms with Gasteiger partial charge >= 0.3 is 6.18 Å². The Kier molecular flexibility index (Phi) is 4.77. The fourth-order valence-corrected chi connectivity index (χ4v) is 1.34. The lowest BCUT2D eigenvalue weighted by Gasteiger charge is -2.17. The number of hydrogen-bond donors (Lipinski definition) is 1. The number of ether oxygens (including phenoxy) is 1. The third-order valence-corrected chi connectivity index (χ3v) is 2.10. The van der Waals surface area contributed by atoms with Crippen molar-refractivity contribution >= 4 is 0 Å². The van der Waals surface area contributed by atoms with E-state index in [0.29, 0.717) is 5.75 Å². The average Bonchev–Trinajstić information content (AvgIpc) is 2.27. The number of methoxy groups -OCH3 is 1. The number of nitrogens with one attached hydrogen (secondary N) is 1. The number of hydroxylamine groups is 1. The van der Waals surface area contributed by atoms with Gasteiger partial charge in [-0.3, -0.25) is 4.84 Å². The number of halogens is 3. The molecule has 0 saturated carbocycles. The lowest BCUT2D eigenvalue weighted by Crippen LogP contribution is -2.26. The van der Waals surface area contributed by atoms with Gasteiger partial charge in [0.2, 0.25) is 0 Å². The molecule has 0 heterocycles. The molecule has 1 atom stereocenters. The highest BCUT2D eigenvalue weighted by atomic mass is 19.4. The molecule has 96 valence electrons. The molecule has 0 aliphatic rings. The van der Waals surface area contributed by atoms with Crippen LogP contribution in [0, 0.1) is 0 Å². The second kappa shape index (κ2) is 5.88. The quantitative estimate of drug-likeness (QED) is 0.814. The maximum Gasteiger partial charge on any atom is 0.413 e. The molecule has 1 N–H and O–H groups in total. The summed E-state index contributed by atoms with van der Waals surface area (Å²) in [6, 6.07) is 6.66. The maximum absolute atomic E-state index is 11.9. The van der Waals surface area contributed by atoms with Crippen LogP contribution < -0.4 is 10.2 Å². The summed E-state index contributed by atoms with van der Waals surface area (Å²) in [5.74, 6) is 0.600. The predicted molar refractivity (Wildman–Crippen MR) is 56.6 cm³/mol. The Hall–Kier alpha value is -1.27. The lowest BCUT2D eigenvalue weighted by atomic mass is 10.1. The summed E-state index contributed by atoms with van der Waals surface area (Å²) < 4.78 is 40.7. The Bertz CT molecular complexity index is 355. The number of rotatable bonds is 5. The predicted octanol–water partition coefficient (Wildman–Crippen LogP) is 2.84. The van der Waals surface area contributed by atoms with E-state index in [2.05, 4.69) is 10.3 Å². The van der Waals surface area contributed by atoms with Crippen LogP contribution in [0.1, 0.15) is 18.5 Å². The van der Waals surface area contributed by atoms with E-state index in [1.165, 1.54) is 7.11 Å². The van der Waals surface area contributed by atoms with Crippen molar-refractivity contribution in [2.75, 3.05) is 13.7 Å². The van der Waals surface area contributed by atoms with Crippen molar-refractivity contribution in [1.82, 2.24) is 5.48 Å². The van der Waals surface area contributed by atoms with Crippen molar-refractivity contribution in [3.63, 3.8) is 0 Å². The monoisotopic (exact) mass is 249 g/mol. The first-order valence-corrected chi connectivity index (χ1v) is 5.01. The Morgan fingerprint density at radius 3 is 2.53 bits per heavy atom. The zero-order valence-corrected chi connectivity index (χ0v) is 9.54. The minimum absolute atomic E-state index is 0.395. The number of para-hydroxylation sites is 1. The molecule has 1 rings (SSSR count). The van der Waals surface area contributed by atoms with Crippen molar-refractivity contribution < 1.29 is 22.7 Å². The van der Waals surface area contributed by atoms with Gasteiger partial charge in [0.05, 0.1) is 13.2 Å². The van der Waals surface area contributed by atoms with Crippen molar-refractivity contribution in [3.8, 4) is 5.75 Å². The van der Waals surface area contributed by atoms with Crippen LogP contribution in [0.3, 0.4) is 0 Å². The summed E-state index contributed by atoms with van der Waals surface area (Å²) in [5, 5.41) is 0. The van der Waals surface area contributed by atoms with Gasteiger partial charge in [-0.05, 0) is 13.0 Å². The van der Waals surface area contributed by atoms with Crippen LogP contribution >= 0.6 is 0 Å². The average molecular weight is 249 g/mol. The van der Waals surface area contributed by atoms with Crippen molar-refractivity contribution in [2.45, 2.75) is 19.1 Å². The van der Waals surface area contributed by atoms with Crippen LogP contribution in [-0.4, -0.2) is 19.9 Å². The van der Waals surface area contributed by atoms with Gasteiger partial charge in [-0.15, -0.1) is 0 Å². The Morgan fingerprint density at radius 2 is 1.94 bits per heavy atom. The second-order valence-electron chi connectivity index (χ2n) is 3.49. The molecule has 0 bridgehead atoms. The Labute approximate surface area is 97.5 Å². The van der Waals surface area contributed by atoms with Crippen LogP contribution in [-0.2, 0) is 4.84 Å². The van der Waals surface area contributed by atoms with Crippen molar-refractivity contribution in [3.05, 3.63) is 29.8 Å². The van der Waals surface area contributed by atoms with Crippen LogP contribution in [0.4, 0.5) is 13.2 Å². The van der Waals surface area contributed by atoms with E-state index in [0.717, 1.165) is 5.56 Å². The molecule has 0 spiro atoms. The van der Waals surface area contributed by atoms with E-state index in [1.54, 1.807) is 31.2 Å². The molecule has 17 heavy (non-hydrogen) atoms. The molecule has 0 aliphatic carbocycles. The number of alkyl halides is 3.